The first-order valence-corrected chi connectivity index (χ1v) is 6.34. The van der Waals surface area contributed by atoms with Gasteiger partial charge in [0.2, 0.25) is 0 Å². The van der Waals surface area contributed by atoms with E-state index in [4.69, 9.17) is 28.3 Å². The van der Waals surface area contributed by atoms with E-state index in [0.717, 1.165) is 0 Å². The fourth-order valence-corrected chi connectivity index (χ4v) is 2.26. The Hall–Kier alpha value is -1.71. The van der Waals surface area contributed by atoms with Crippen LogP contribution < -0.4 is 5.32 Å². The summed E-state index contributed by atoms with van der Waals surface area (Å²) in [5.41, 5.74) is 1.54. The van der Waals surface area contributed by atoms with Crippen LogP contribution in [0.5, 0.6) is 0 Å². The molecule has 0 spiro atoms. The molecule has 0 unspecified atom stereocenters. The minimum atomic E-state index is -0.956. The molecule has 0 saturated heterocycles. The number of benzene rings is 2. The van der Waals surface area contributed by atoms with Crippen LogP contribution in [-0.4, -0.2) is 11.1 Å². The van der Waals surface area contributed by atoms with Crippen LogP contribution in [-0.2, 0) is 6.54 Å². The third kappa shape index (κ3) is 3.19. The molecule has 0 amide bonds. The zero-order chi connectivity index (χ0) is 13.8. The SMILES string of the molecule is O=C(O)c1ccccc1CNc1c(Cl)cccc1Cl. The van der Waals surface area contributed by atoms with E-state index < -0.39 is 5.97 Å². The van der Waals surface area contributed by atoms with Gasteiger partial charge in [-0.05, 0) is 23.8 Å². The molecular formula is C14H11Cl2NO2. The van der Waals surface area contributed by atoms with Gasteiger partial charge in [-0.3, -0.25) is 0 Å². The van der Waals surface area contributed by atoms with Gasteiger partial charge in [-0.1, -0.05) is 47.5 Å². The molecule has 0 radical (unpaired) electrons. The van der Waals surface area contributed by atoms with Crippen molar-refractivity contribution in [2.45, 2.75) is 6.54 Å². The number of carboxylic acid groups (broad SMARTS) is 1. The molecule has 3 nitrogen and oxygen atoms in total. The summed E-state index contributed by atoms with van der Waals surface area (Å²) >= 11 is 12.1. The molecule has 0 saturated carbocycles. The van der Waals surface area contributed by atoms with Crippen molar-refractivity contribution in [3.8, 4) is 0 Å². The number of carboxylic acids is 1. The summed E-state index contributed by atoms with van der Waals surface area (Å²) in [4.78, 5) is 11.1. The average molecular weight is 296 g/mol. The van der Waals surface area contributed by atoms with E-state index >= 15 is 0 Å². The van der Waals surface area contributed by atoms with Crippen molar-refractivity contribution >= 4 is 34.9 Å². The lowest BCUT2D eigenvalue weighted by Crippen LogP contribution is -2.07. The van der Waals surface area contributed by atoms with E-state index in [1.165, 1.54) is 0 Å². The van der Waals surface area contributed by atoms with Crippen molar-refractivity contribution in [3.05, 3.63) is 63.6 Å². The second kappa shape index (κ2) is 5.95. The van der Waals surface area contributed by atoms with Crippen LogP contribution in [0.25, 0.3) is 0 Å². The predicted octanol–water partition coefficient (Wildman–Crippen LogP) is 4.30. The van der Waals surface area contributed by atoms with E-state index in [2.05, 4.69) is 5.32 Å². The molecule has 2 N–H and O–H groups in total. The highest BCUT2D eigenvalue weighted by Gasteiger charge is 2.10. The highest BCUT2D eigenvalue weighted by molar-refractivity contribution is 6.39. The van der Waals surface area contributed by atoms with Crippen LogP contribution in [0.1, 0.15) is 15.9 Å². The van der Waals surface area contributed by atoms with Crippen LogP contribution in [0.15, 0.2) is 42.5 Å². The first-order valence-electron chi connectivity index (χ1n) is 5.58. The van der Waals surface area contributed by atoms with Gasteiger partial charge >= 0.3 is 5.97 Å². The van der Waals surface area contributed by atoms with E-state index in [1.807, 2.05) is 0 Å². The Morgan fingerprint density at radius 3 is 2.32 bits per heavy atom. The Morgan fingerprint density at radius 1 is 1.05 bits per heavy atom. The molecule has 0 aromatic heterocycles. The van der Waals surface area contributed by atoms with Crippen molar-refractivity contribution < 1.29 is 9.90 Å². The third-order valence-electron chi connectivity index (χ3n) is 2.67. The Balaban J connectivity index is 2.22. The van der Waals surface area contributed by atoms with Gasteiger partial charge in [0.05, 0.1) is 21.3 Å². The zero-order valence-corrected chi connectivity index (χ0v) is 11.4. The molecule has 0 aliphatic heterocycles. The number of nitrogens with one attached hydrogen (secondary N) is 1. The topological polar surface area (TPSA) is 49.3 Å². The average Bonchev–Trinajstić information content (AvgIpc) is 2.38. The molecule has 0 bridgehead atoms. The van der Waals surface area contributed by atoms with Crippen LogP contribution >= 0.6 is 23.2 Å². The summed E-state index contributed by atoms with van der Waals surface area (Å²) < 4.78 is 0. The molecule has 0 atom stereocenters. The Kier molecular flexibility index (Phi) is 4.30. The number of hydrogen-bond donors (Lipinski definition) is 2. The van der Waals surface area contributed by atoms with Gasteiger partial charge in [0.1, 0.15) is 0 Å². The van der Waals surface area contributed by atoms with Crippen LogP contribution in [0, 0.1) is 0 Å². The maximum Gasteiger partial charge on any atom is 0.336 e. The minimum absolute atomic E-state index is 0.262. The van der Waals surface area contributed by atoms with E-state index in [1.54, 1.807) is 42.5 Å². The van der Waals surface area contributed by atoms with E-state index in [0.29, 0.717) is 27.8 Å². The number of para-hydroxylation sites is 1. The Labute approximate surface area is 120 Å². The summed E-state index contributed by atoms with van der Waals surface area (Å²) in [6, 6.07) is 12.0. The molecule has 2 aromatic carbocycles. The highest BCUT2D eigenvalue weighted by atomic mass is 35.5. The summed E-state index contributed by atoms with van der Waals surface area (Å²) in [5, 5.41) is 13.2. The number of rotatable bonds is 4. The van der Waals surface area contributed by atoms with Crippen molar-refractivity contribution in [2.24, 2.45) is 0 Å². The molecule has 2 rings (SSSR count). The smallest absolute Gasteiger partial charge is 0.336 e. The molecule has 0 aliphatic rings. The number of carbonyl (C=O) groups is 1. The highest BCUT2D eigenvalue weighted by Crippen LogP contribution is 2.30. The Bertz CT molecular complexity index is 594. The van der Waals surface area contributed by atoms with Crippen LogP contribution in [0.2, 0.25) is 10.0 Å². The fourth-order valence-electron chi connectivity index (χ4n) is 1.73. The van der Waals surface area contributed by atoms with Crippen LogP contribution in [0.4, 0.5) is 5.69 Å². The van der Waals surface area contributed by atoms with Gasteiger partial charge in [0.25, 0.3) is 0 Å². The second-order valence-electron chi connectivity index (χ2n) is 3.91. The molecule has 0 aliphatic carbocycles. The van der Waals surface area contributed by atoms with Gasteiger partial charge in [0.15, 0.2) is 0 Å². The summed E-state index contributed by atoms with van der Waals surface area (Å²) in [6.07, 6.45) is 0. The third-order valence-corrected chi connectivity index (χ3v) is 3.30. The maximum absolute atomic E-state index is 11.1. The van der Waals surface area contributed by atoms with Gasteiger partial charge in [0, 0.05) is 6.54 Å². The number of hydrogen-bond acceptors (Lipinski definition) is 2. The normalized spacial score (nSPS) is 10.2. The van der Waals surface area contributed by atoms with E-state index in [-0.39, 0.29) is 5.56 Å². The second-order valence-corrected chi connectivity index (χ2v) is 4.73. The lowest BCUT2D eigenvalue weighted by atomic mass is 10.1. The first-order chi connectivity index (χ1) is 9.09. The van der Waals surface area contributed by atoms with Crippen LogP contribution in [0.3, 0.4) is 0 Å². The van der Waals surface area contributed by atoms with Gasteiger partial charge in [-0.15, -0.1) is 0 Å². The van der Waals surface area contributed by atoms with Gasteiger partial charge < -0.3 is 10.4 Å². The van der Waals surface area contributed by atoms with Gasteiger partial charge in [-0.25, -0.2) is 4.79 Å². The number of anilines is 1. The molecule has 5 heteroatoms. The first kappa shape index (κ1) is 13.7. The van der Waals surface area contributed by atoms with E-state index in [9.17, 15) is 4.79 Å². The summed E-state index contributed by atoms with van der Waals surface area (Å²) in [7, 11) is 0. The molecule has 2 aromatic rings. The van der Waals surface area contributed by atoms with Crippen molar-refractivity contribution in [1.82, 2.24) is 0 Å². The quantitative estimate of drug-likeness (QED) is 0.884. The predicted molar refractivity (Wildman–Crippen MR) is 77.2 cm³/mol. The minimum Gasteiger partial charge on any atom is -0.478 e. The summed E-state index contributed by atoms with van der Waals surface area (Å²) in [5.74, 6) is -0.956. The number of aromatic carboxylic acids is 1. The Morgan fingerprint density at radius 2 is 1.68 bits per heavy atom. The van der Waals surface area contributed by atoms with Crippen molar-refractivity contribution in [2.75, 3.05) is 5.32 Å². The summed E-state index contributed by atoms with van der Waals surface area (Å²) in [6.45, 7) is 0.339. The number of halogens is 2. The standard InChI is InChI=1S/C14H11Cl2NO2/c15-11-6-3-7-12(16)13(11)17-8-9-4-1-2-5-10(9)14(18)19/h1-7,17H,8H2,(H,18,19). The molecule has 19 heavy (non-hydrogen) atoms. The largest absolute Gasteiger partial charge is 0.478 e. The lowest BCUT2D eigenvalue weighted by molar-refractivity contribution is 0.0696. The monoisotopic (exact) mass is 295 g/mol. The molecular weight excluding hydrogens is 285 g/mol. The molecule has 98 valence electrons. The van der Waals surface area contributed by atoms with Crippen molar-refractivity contribution in [3.63, 3.8) is 0 Å². The zero-order valence-electron chi connectivity index (χ0n) is 9.86. The van der Waals surface area contributed by atoms with Crippen molar-refractivity contribution in [1.29, 1.82) is 0 Å². The maximum atomic E-state index is 11.1. The lowest BCUT2D eigenvalue weighted by Gasteiger charge is -2.11. The van der Waals surface area contributed by atoms with Gasteiger partial charge in [-0.2, -0.15) is 0 Å². The fraction of sp³-hybridized carbons (Fsp3) is 0.0714. The molecule has 0 fully saturated rings. The molecule has 0 heterocycles.